The van der Waals surface area contributed by atoms with E-state index in [0.29, 0.717) is 13.0 Å². The van der Waals surface area contributed by atoms with Crippen molar-refractivity contribution >= 4 is 11.6 Å². The molecule has 110 valence electrons. The summed E-state index contributed by atoms with van der Waals surface area (Å²) in [4.78, 5) is 13.6. The Morgan fingerprint density at radius 2 is 1.85 bits per heavy atom. The number of hydrogen-bond acceptors (Lipinski definition) is 2. The van der Waals surface area contributed by atoms with Gasteiger partial charge in [-0.15, -0.1) is 0 Å². The quantitative estimate of drug-likeness (QED) is 0.866. The van der Waals surface area contributed by atoms with Gasteiger partial charge in [-0.2, -0.15) is 0 Å². The molecule has 1 saturated heterocycles. The molecule has 0 spiro atoms. The minimum Gasteiger partial charge on any atom is -0.311 e. The summed E-state index contributed by atoms with van der Waals surface area (Å²) in [6, 6.07) is 1.47. The highest BCUT2D eigenvalue weighted by Crippen LogP contribution is 2.25. The Morgan fingerprint density at radius 3 is 2.40 bits per heavy atom. The fraction of sp³-hybridized carbons (Fsp3) is 0.500. The Hall–Kier alpha value is -1.56. The number of halogens is 3. The van der Waals surface area contributed by atoms with Gasteiger partial charge in [-0.05, 0) is 12.8 Å². The lowest BCUT2D eigenvalue weighted by atomic mass is 10.0. The number of piperidine rings is 1. The Kier molecular flexibility index (Phi) is 4.32. The van der Waals surface area contributed by atoms with Gasteiger partial charge in [0.05, 0.1) is 6.04 Å². The van der Waals surface area contributed by atoms with Gasteiger partial charge >= 0.3 is 0 Å². The smallest absolute Gasteiger partial charge is 0.244 e. The van der Waals surface area contributed by atoms with Crippen molar-refractivity contribution in [3.63, 3.8) is 0 Å². The van der Waals surface area contributed by atoms with E-state index in [4.69, 9.17) is 0 Å². The van der Waals surface area contributed by atoms with Crippen LogP contribution in [0.15, 0.2) is 12.1 Å². The molecule has 1 aliphatic rings. The first-order chi connectivity index (χ1) is 9.40. The highest BCUT2D eigenvalue weighted by atomic mass is 19.2. The van der Waals surface area contributed by atoms with Crippen molar-refractivity contribution in [2.45, 2.75) is 38.8 Å². The standard InChI is InChI=1S/C14H17F3N2O/c1-8(2)18-12-4-3-5-19(14(12)20)9-6-10(15)13(17)11(16)7-9/h6-8,12,18H,3-5H2,1-2H3. The molecule has 1 fully saturated rings. The van der Waals surface area contributed by atoms with Gasteiger partial charge in [0.1, 0.15) is 0 Å². The topological polar surface area (TPSA) is 32.3 Å². The summed E-state index contributed by atoms with van der Waals surface area (Å²) < 4.78 is 39.5. The van der Waals surface area contributed by atoms with E-state index in [9.17, 15) is 18.0 Å². The lowest BCUT2D eigenvalue weighted by Crippen LogP contribution is -2.52. The molecule has 2 rings (SSSR count). The van der Waals surface area contributed by atoms with Gasteiger partial charge in [0.15, 0.2) is 17.5 Å². The monoisotopic (exact) mass is 286 g/mol. The second-order valence-electron chi connectivity index (χ2n) is 5.23. The summed E-state index contributed by atoms with van der Waals surface area (Å²) in [5.41, 5.74) is 0.0571. The van der Waals surface area contributed by atoms with Crippen LogP contribution in [0.5, 0.6) is 0 Å². The molecular formula is C14H17F3N2O. The van der Waals surface area contributed by atoms with Crippen LogP contribution in [0.25, 0.3) is 0 Å². The lowest BCUT2D eigenvalue weighted by molar-refractivity contribution is -0.121. The number of nitrogens with one attached hydrogen (secondary N) is 1. The summed E-state index contributed by atoms with van der Waals surface area (Å²) in [6.07, 6.45) is 1.40. The molecule has 0 bridgehead atoms. The molecule has 1 atom stereocenters. The molecule has 1 amide bonds. The Bertz CT molecular complexity index is 496. The predicted molar refractivity (Wildman–Crippen MR) is 70.0 cm³/mol. The second-order valence-corrected chi connectivity index (χ2v) is 5.23. The molecule has 1 unspecified atom stereocenters. The van der Waals surface area contributed by atoms with E-state index in [1.54, 1.807) is 0 Å². The molecule has 0 radical (unpaired) electrons. The Balaban J connectivity index is 2.25. The van der Waals surface area contributed by atoms with E-state index in [1.165, 1.54) is 4.90 Å². The van der Waals surface area contributed by atoms with Crippen LogP contribution >= 0.6 is 0 Å². The average Bonchev–Trinajstić information content (AvgIpc) is 2.37. The number of nitrogens with zero attached hydrogens (tertiary/aromatic N) is 1. The number of hydrogen-bond donors (Lipinski definition) is 1. The fourth-order valence-electron chi connectivity index (χ4n) is 2.39. The van der Waals surface area contributed by atoms with E-state index in [-0.39, 0.29) is 23.7 Å². The van der Waals surface area contributed by atoms with Crippen molar-refractivity contribution < 1.29 is 18.0 Å². The van der Waals surface area contributed by atoms with E-state index >= 15 is 0 Å². The predicted octanol–water partition coefficient (Wildman–Crippen LogP) is 2.60. The van der Waals surface area contributed by atoms with Crippen molar-refractivity contribution in [2.24, 2.45) is 0 Å². The second kappa shape index (κ2) is 5.83. The molecular weight excluding hydrogens is 269 g/mol. The molecule has 1 heterocycles. The molecule has 1 aliphatic heterocycles. The summed E-state index contributed by atoms with van der Waals surface area (Å²) in [6.45, 7) is 4.21. The van der Waals surface area contributed by atoms with Crippen LogP contribution in [0.3, 0.4) is 0 Å². The first-order valence-corrected chi connectivity index (χ1v) is 6.62. The highest BCUT2D eigenvalue weighted by Gasteiger charge is 2.30. The molecule has 0 saturated carbocycles. The van der Waals surface area contributed by atoms with Crippen molar-refractivity contribution in [3.8, 4) is 0 Å². The molecule has 1 aromatic carbocycles. The lowest BCUT2D eigenvalue weighted by Gasteiger charge is -2.33. The highest BCUT2D eigenvalue weighted by molar-refractivity contribution is 5.97. The number of benzene rings is 1. The number of rotatable bonds is 3. The third kappa shape index (κ3) is 2.95. The van der Waals surface area contributed by atoms with Crippen LogP contribution in [0.4, 0.5) is 18.9 Å². The summed E-state index contributed by atoms with van der Waals surface area (Å²) in [7, 11) is 0. The first kappa shape index (κ1) is 14.8. The zero-order chi connectivity index (χ0) is 14.9. The number of amides is 1. The van der Waals surface area contributed by atoms with Crippen molar-refractivity contribution in [1.29, 1.82) is 0 Å². The third-order valence-corrected chi connectivity index (χ3v) is 3.25. The Morgan fingerprint density at radius 1 is 1.25 bits per heavy atom. The molecule has 0 aromatic heterocycles. The third-order valence-electron chi connectivity index (χ3n) is 3.25. The zero-order valence-corrected chi connectivity index (χ0v) is 11.4. The van der Waals surface area contributed by atoms with Crippen LogP contribution in [0, 0.1) is 17.5 Å². The minimum atomic E-state index is -1.52. The van der Waals surface area contributed by atoms with E-state index in [2.05, 4.69) is 5.32 Å². The average molecular weight is 286 g/mol. The van der Waals surface area contributed by atoms with Gasteiger partial charge in [-0.1, -0.05) is 13.8 Å². The fourth-order valence-corrected chi connectivity index (χ4v) is 2.39. The molecule has 20 heavy (non-hydrogen) atoms. The molecule has 6 heteroatoms. The van der Waals surface area contributed by atoms with Crippen LogP contribution in [0.1, 0.15) is 26.7 Å². The van der Waals surface area contributed by atoms with Crippen LogP contribution in [-0.4, -0.2) is 24.5 Å². The minimum absolute atomic E-state index is 0.0571. The van der Waals surface area contributed by atoms with Crippen LogP contribution in [-0.2, 0) is 4.79 Å². The van der Waals surface area contributed by atoms with Gasteiger partial charge in [0.25, 0.3) is 0 Å². The molecule has 0 aliphatic carbocycles. The Labute approximate surface area is 115 Å². The number of anilines is 1. The molecule has 3 nitrogen and oxygen atoms in total. The first-order valence-electron chi connectivity index (χ1n) is 6.62. The molecule has 1 N–H and O–H groups in total. The largest absolute Gasteiger partial charge is 0.311 e. The zero-order valence-electron chi connectivity index (χ0n) is 11.4. The van der Waals surface area contributed by atoms with Gasteiger partial charge < -0.3 is 10.2 Å². The van der Waals surface area contributed by atoms with Crippen molar-refractivity contribution in [1.82, 2.24) is 5.32 Å². The van der Waals surface area contributed by atoms with E-state index in [0.717, 1.165) is 18.6 Å². The van der Waals surface area contributed by atoms with Crippen LogP contribution < -0.4 is 10.2 Å². The summed E-state index contributed by atoms with van der Waals surface area (Å²) >= 11 is 0. The van der Waals surface area contributed by atoms with Gasteiger partial charge in [-0.3, -0.25) is 4.79 Å². The van der Waals surface area contributed by atoms with Gasteiger partial charge in [-0.25, -0.2) is 13.2 Å². The van der Waals surface area contributed by atoms with E-state index < -0.39 is 17.5 Å². The normalized spacial score (nSPS) is 19.8. The van der Waals surface area contributed by atoms with Gasteiger partial charge in [0.2, 0.25) is 5.91 Å². The number of carbonyl (C=O) groups is 1. The summed E-state index contributed by atoms with van der Waals surface area (Å²) in [5, 5.41) is 3.12. The van der Waals surface area contributed by atoms with Gasteiger partial charge in [0, 0.05) is 30.4 Å². The summed E-state index contributed by atoms with van der Waals surface area (Å²) in [5.74, 6) is -4.33. The number of carbonyl (C=O) groups excluding carboxylic acids is 1. The SMILES string of the molecule is CC(C)NC1CCCN(c2cc(F)c(F)c(F)c2)C1=O. The maximum absolute atomic E-state index is 13.3. The molecule has 1 aromatic rings. The maximum Gasteiger partial charge on any atom is 0.244 e. The van der Waals surface area contributed by atoms with Crippen molar-refractivity contribution in [3.05, 3.63) is 29.6 Å². The maximum atomic E-state index is 13.3. The van der Waals surface area contributed by atoms with Crippen molar-refractivity contribution in [2.75, 3.05) is 11.4 Å². The van der Waals surface area contributed by atoms with E-state index in [1.807, 2.05) is 13.8 Å². The van der Waals surface area contributed by atoms with Crippen LogP contribution in [0.2, 0.25) is 0 Å².